The Labute approximate surface area is 174 Å². The number of ether oxygens (including phenoxy) is 1. The van der Waals surface area contributed by atoms with E-state index in [1.807, 2.05) is 18.7 Å². The van der Waals surface area contributed by atoms with Gasteiger partial charge in [-0.15, -0.1) is 24.0 Å². The molecule has 0 aromatic carbocycles. The maximum atomic E-state index is 11.7. The number of nitrogens with one attached hydrogen (secondary N) is 2. The lowest BCUT2D eigenvalue weighted by Gasteiger charge is -2.18. The molecule has 1 amide bonds. The van der Waals surface area contributed by atoms with E-state index in [1.54, 1.807) is 7.05 Å². The Hall–Kier alpha value is -1.06. The number of unbranched alkanes of at least 4 members (excludes halogenated alkanes) is 3. The molecule has 1 aliphatic heterocycles. The van der Waals surface area contributed by atoms with Crippen LogP contribution in [-0.2, 0) is 14.3 Å². The van der Waals surface area contributed by atoms with Gasteiger partial charge in [-0.1, -0.05) is 19.8 Å². The summed E-state index contributed by atoms with van der Waals surface area (Å²) in [6.45, 7) is 6.61. The zero-order valence-electron chi connectivity index (χ0n) is 16.4. The van der Waals surface area contributed by atoms with Crippen molar-refractivity contribution in [2.75, 3.05) is 33.3 Å². The van der Waals surface area contributed by atoms with Gasteiger partial charge in [-0.25, -0.2) is 0 Å². The first-order chi connectivity index (χ1) is 12.1. The molecular weight excluding hydrogens is 447 g/mol. The van der Waals surface area contributed by atoms with Gasteiger partial charge >= 0.3 is 5.97 Å². The maximum absolute atomic E-state index is 11.7. The minimum atomic E-state index is -0.0996. The molecule has 0 radical (unpaired) electrons. The van der Waals surface area contributed by atoms with E-state index in [0.29, 0.717) is 19.4 Å². The summed E-state index contributed by atoms with van der Waals surface area (Å²) in [5.74, 6) is 0.912. The quantitative estimate of drug-likeness (QED) is 0.164. The molecule has 0 bridgehead atoms. The van der Waals surface area contributed by atoms with Crippen molar-refractivity contribution in [3.63, 3.8) is 0 Å². The minimum Gasteiger partial charge on any atom is -0.466 e. The predicted molar refractivity (Wildman–Crippen MR) is 115 cm³/mol. The number of carbonyl (C=O) groups is 2. The van der Waals surface area contributed by atoms with Crippen LogP contribution in [0.15, 0.2) is 4.99 Å². The first-order valence-electron chi connectivity index (χ1n) is 9.51. The number of amides is 1. The van der Waals surface area contributed by atoms with Gasteiger partial charge in [0.25, 0.3) is 0 Å². The molecule has 7 nitrogen and oxygen atoms in total. The summed E-state index contributed by atoms with van der Waals surface area (Å²) < 4.78 is 4.91. The standard InChI is InChI=1S/C18H34N4O3.HI/c1-4-16(23)22-13-11-15(14-22)21-18(19-3)20-12-9-7-6-8-10-17(24)25-5-2;/h15H,4-14H2,1-3H3,(H2,19,20,21);1H. The highest BCUT2D eigenvalue weighted by Crippen LogP contribution is 2.10. The summed E-state index contributed by atoms with van der Waals surface area (Å²) in [6.07, 6.45) is 6.06. The fraction of sp³-hybridized carbons (Fsp3) is 0.833. The van der Waals surface area contributed by atoms with Crippen LogP contribution < -0.4 is 10.6 Å². The second-order valence-corrected chi connectivity index (χ2v) is 6.29. The van der Waals surface area contributed by atoms with E-state index in [9.17, 15) is 9.59 Å². The Morgan fingerprint density at radius 2 is 1.92 bits per heavy atom. The maximum Gasteiger partial charge on any atom is 0.305 e. The molecule has 1 atom stereocenters. The number of halogens is 1. The topological polar surface area (TPSA) is 83.0 Å². The van der Waals surface area contributed by atoms with Crippen molar-refractivity contribution < 1.29 is 14.3 Å². The summed E-state index contributed by atoms with van der Waals surface area (Å²) >= 11 is 0. The van der Waals surface area contributed by atoms with Gasteiger partial charge in [0, 0.05) is 45.6 Å². The molecule has 152 valence electrons. The Morgan fingerprint density at radius 1 is 1.19 bits per heavy atom. The van der Waals surface area contributed by atoms with Crippen LogP contribution in [0.5, 0.6) is 0 Å². The van der Waals surface area contributed by atoms with Gasteiger partial charge in [0.2, 0.25) is 5.91 Å². The third kappa shape index (κ3) is 10.2. The van der Waals surface area contributed by atoms with Crippen molar-refractivity contribution in [3.05, 3.63) is 0 Å². The lowest BCUT2D eigenvalue weighted by molar-refractivity contribution is -0.143. The van der Waals surface area contributed by atoms with Crippen LogP contribution in [-0.4, -0.2) is 62.1 Å². The number of rotatable bonds is 10. The lowest BCUT2D eigenvalue weighted by Crippen LogP contribution is -2.45. The predicted octanol–water partition coefficient (Wildman–Crippen LogP) is 2.29. The summed E-state index contributed by atoms with van der Waals surface area (Å²) in [6, 6.07) is 0.270. The second kappa shape index (κ2) is 15.0. The van der Waals surface area contributed by atoms with Gasteiger partial charge in [0.05, 0.1) is 6.61 Å². The van der Waals surface area contributed by atoms with Crippen LogP contribution in [0, 0.1) is 0 Å². The molecule has 0 saturated carbocycles. The zero-order chi connectivity index (χ0) is 18.5. The van der Waals surface area contributed by atoms with Gasteiger partial charge < -0.3 is 20.3 Å². The molecule has 0 spiro atoms. The largest absolute Gasteiger partial charge is 0.466 e. The fourth-order valence-electron chi connectivity index (χ4n) is 2.90. The summed E-state index contributed by atoms with van der Waals surface area (Å²) in [7, 11) is 1.76. The summed E-state index contributed by atoms with van der Waals surface area (Å²) in [4.78, 5) is 29.1. The number of guanidine groups is 1. The number of nitrogens with zero attached hydrogens (tertiary/aromatic N) is 2. The van der Waals surface area contributed by atoms with Gasteiger partial charge in [-0.05, 0) is 26.2 Å². The normalized spacial score (nSPS) is 16.8. The van der Waals surface area contributed by atoms with Gasteiger partial charge in [0.15, 0.2) is 5.96 Å². The van der Waals surface area contributed by atoms with Crippen LogP contribution in [0.1, 0.15) is 58.8 Å². The third-order valence-corrected chi connectivity index (χ3v) is 4.31. The molecule has 0 aromatic heterocycles. The lowest BCUT2D eigenvalue weighted by atomic mass is 10.1. The van der Waals surface area contributed by atoms with Crippen molar-refractivity contribution in [1.29, 1.82) is 0 Å². The number of hydrogen-bond acceptors (Lipinski definition) is 4. The van der Waals surface area contributed by atoms with E-state index in [-0.39, 0.29) is 41.9 Å². The first kappa shape index (κ1) is 24.9. The summed E-state index contributed by atoms with van der Waals surface area (Å²) in [5, 5.41) is 6.71. The van der Waals surface area contributed by atoms with Gasteiger partial charge in [-0.2, -0.15) is 0 Å². The molecule has 2 N–H and O–H groups in total. The molecule has 0 aromatic rings. The van der Waals surface area contributed by atoms with Crippen molar-refractivity contribution in [2.45, 2.75) is 64.8 Å². The highest BCUT2D eigenvalue weighted by atomic mass is 127. The van der Waals surface area contributed by atoms with Crippen LogP contribution >= 0.6 is 24.0 Å². The Morgan fingerprint density at radius 3 is 2.58 bits per heavy atom. The minimum absolute atomic E-state index is 0. The van der Waals surface area contributed by atoms with E-state index in [1.165, 1.54) is 0 Å². The molecular formula is C18H35IN4O3. The van der Waals surface area contributed by atoms with E-state index >= 15 is 0 Å². The van der Waals surface area contributed by atoms with Crippen LogP contribution in [0.25, 0.3) is 0 Å². The van der Waals surface area contributed by atoms with Gasteiger partial charge in [0.1, 0.15) is 0 Å². The van der Waals surface area contributed by atoms with Crippen LogP contribution in [0.3, 0.4) is 0 Å². The molecule has 8 heteroatoms. The van der Waals surface area contributed by atoms with Crippen molar-refractivity contribution in [2.24, 2.45) is 4.99 Å². The number of esters is 1. The molecule has 1 saturated heterocycles. The SMILES string of the molecule is CCOC(=O)CCCCCCNC(=NC)NC1CCN(C(=O)CC)C1.I. The van der Waals surface area contributed by atoms with Crippen molar-refractivity contribution >= 4 is 41.8 Å². The fourth-order valence-corrected chi connectivity index (χ4v) is 2.90. The molecule has 26 heavy (non-hydrogen) atoms. The summed E-state index contributed by atoms with van der Waals surface area (Å²) in [5.41, 5.74) is 0. The molecule has 1 fully saturated rings. The van der Waals surface area contributed by atoms with Crippen LogP contribution in [0.4, 0.5) is 0 Å². The van der Waals surface area contributed by atoms with E-state index in [0.717, 1.165) is 57.7 Å². The number of likely N-dealkylation sites (tertiary alicyclic amines) is 1. The molecule has 1 heterocycles. The Bertz CT molecular complexity index is 446. The van der Waals surface area contributed by atoms with Crippen molar-refractivity contribution in [3.8, 4) is 0 Å². The molecule has 1 unspecified atom stereocenters. The van der Waals surface area contributed by atoms with E-state index in [2.05, 4.69) is 15.6 Å². The number of carbonyl (C=O) groups excluding carboxylic acids is 2. The monoisotopic (exact) mass is 482 g/mol. The first-order valence-corrected chi connectivity index (χ1v) is 9.51. The zero-order valence-corrected chi connectivity index (χ0v) is 18.7. The van der Waals surface area contributed by atoms with Crippen LogP contribution in [0.2, 0.25) is 0 Å². The third-order valence-electron chi connectivity index (χ3n) is 4.31. The number of aliphatic imine (C=N–C) groups is 1. The average Bonchev–Trinajstić information content (AvgIpc) is 3.07. The highest BCUT2D eigenvalue weighted by Gasteiger charge is 2.25. The second-order valence-electron chi connectivity index (χ2n) is 6.29. The smallest absolute Gasteiger partial charge is 0.305 e. The Balaban J connectivity index is 0.00000625. The molecule has 1 rings (SSSR count). The highest BCUT2D eigenvalue weighted by molar-refractivity contribution is 14.0. The van der Waals surface area contributed by atoms with E-state index < -0.39 is 0 Å². The number of hydrogen-bond donors (Lipinski definition) is 2. The molecule has 1 aliphatic rings. The Kier molecular flexibility index (Phi) is 14.4. The average molecular weight is 482 g/mol. The molecule has 0 aliphatic carbocycles. The van der Waals surface area contributed by atoms with Crippen molar-refractivity contribution in [1.82, 2.24) is 15.5 Å². The van der Waals surface area contributed by atoms with Gasteiger partial charge in [-0.3, -0.25) is 14.6 Å². The van der Waals surface area contributed by atoms with E-state index in [4.69, 9.17) is 4.74 Å².